The number of para-hydroxylation sites is 2. The van der Waals surface area contributed by atoms with E-state index >= 15 is 0 Å². The summed E-state index contributed by atoms with van der Waals surface area (Å²) in [6, 6.07) is 15.3. The number of benzene rings is 2. The second kappa shape index (κ2) is 6.76. The van der Waals surface area contributed by atoms with Crippen molar-refractivity contribution in [2.24, 2.45) is 0 Å². The van der Waals surface area contributed by atoms with Gasteiger partial charge in [-0.05, 0) is 34.1 Å². The van der Waals surface area contributed by atoms with Crippen molar-refractivity contribution >= 4 is 38.4 Å². The van der Waals surface area contributed by atoms with E-state index in [0.29, 0.717) is 11.8 Å². The van der Waals surface area contributed by atoms with Crippen LogP contribution < -0.4 is 5.32 Å². The first-order valence-electron chi connectivity index (χ1n) is 8.04. The van der Waals surface area contributed by atoms with Gasteiger partial charge in [0.1, 0.15) is 6.54 Å². The highest BCUT2D eigenvalue weighted by molar-refractivity contribution is 9.10. The molecule has 0 saturated carbocycles. The van der Waals surface area contributed by atoms with Gasteiger partial charge in [-0.1, -0.05) is 30.3 Å². The number of anilines is 1. The number of aromatic nitrogens is 3. The summed E-state index contributed by atoms with van der Waals surface area (Å²) < 4.78 is 8.29. The van der Waals surface area contributed by atoms with Gasteiger partial charge in [0.15, 0.2) is 0 Å². The van der Waals surface area contributed by atoms with Crippen molar-refractivity contribution in [3.63, 3.8) is 0 Å². The minimum absolute atomic E-state index is 0.120. The number of halogens is 1. The number of nitrogens with zero attached hydrogens (tertiary/aromatic N) is 3. The molecule has 26 heavy (non-hydrogen) atoms. The monoisotopic (exact) mass is 410 g/mol. The molecule has 1 amide bonds. The van der Waals surface area contributed by atoms with Crippen molar-refractivity contribution < 1.29 is 9.21 Å². The summed E-state index contributed by atoms with van der Waals surface area (Å²) in [6.45, 7) is 1.93. The summed E-state index contributed by atoms with van der Waals surface area (Å²) in [6.07, 6.45) is 1.87. The van der Waals surface area contributed by atoms with Crippen molar-refractivity contribution in [1.29, 1.82) is 0 Å². The molecule has 6 nitrogen and oxygen atoms in total. The van der Waals surface area contributed by atoms with Gasteiger partial charge >= 0.3 is 0 Å². The molecule has 0 spiro atoms. The molecule has 4 aromatic rings. The predicted octanol–water partition coefficient (Wildman–Crippen LogP) is 4.40. The van der Waals surface area contributed by atoms with Crippen molar-refractivity contribution in [3.8, 4) is 11.5 Å². The molecule has 2 heterocycles. The van der Waals surface area contributed by atoms with E-state index in [1.807, 2.05) is 59.3 Å². The third-order valence-corrected chi connectivity index (χ3v) is 4.70. The third kappa shape index (κ3) is 3.13. The van der Waals surface area contributed by atoms with Gasteiger partial charge in [-0.25, -0.2) is 0 Å². The minimum Gasteiger partial charge on any atom is -0.421 e. The number of fused-ring (bicyclic) bond motifs is 1. The lowest BCUT2D eigenvalue weighted by Crippen LogP contribution is -2.18. The quantitative estimate of drug-likeness (QED) is 0.540. The van der Waals surface area contributed by atoms with E-state index < -0.39 is 0 Å². The molecular weight excluding hydrogens is 396 g/mol. The van der Waals surface area contributed by atoms with E-state index in [2.05, 4.69) is 31.4 Å². The molecule has 0 aliphatic carbocycles. The predicted molar refractivity (Wildman–Crippen MR) is 103 cm³/mol. The Labute approximate surface area is 158 Å². The normalized spacial score (nSPS) is 11.0. The smallest absolute Gasteiger partial charge is 0.249 e. The van der Waals surface area contributed by atoms with Crippen LogP contribution in [0.15, 0.2) is 63.6 Å². The fraction of sp³-hybridized carbons (Fsp3) is 0.105. The van der Waals surface area contributed by atoms with Gasteiger partial charge in [-0.2, -0.15) is 0 Å². The molecule has 0 aliphatic rings. The molecule has 1 N–H and O–H groups in total. The second-order valence-corrected chi connectivity index (χ2v) is 6.70. The molecule has 0 saturated heterocycles. The molecule has 7 heteroatoms. The van der Waals surface area contributed by atoms with E-state index in [4.69, 9.17) is 4.42 Å². The van der Waals surface area contributed by atoms with Crippen LogP contribution in [-0.4, -0.2) is 20.7 Å². The molecular formula is C19H15BrN4O2. The van der Waals surface area contributed by atoms with E-state index in [1.165, 1.54) is 0 Å². The number of carbonyl (C=O) groups is 1. The van der Waals surface area contributed by atoms with E-state index in [0.717, 1.165) is 26.6 Å². The number of hydrogen-bond donors (Lipinski definition) is 1. The highest BCUT2D eigenvalue weighted by Gasteiger charge is 2.16. The third-order valence-electron chi connectivity index (χ3n) is 4.01. The largest absolute Gasteiger partial charge is 0.421 e. The van der Waals surface area contributed by atoms with Crippen molar-refractivity contribution in [3.05, 3.63) is 65.1 Å². The zero-order chi connectivity index (χ0) is 18.1. The Morgan fingerprint density at radius 2 is 1.92 bits per heavy atom. The molecule has 4 rings (SSSR count). The summed E-state index contributed by atoms with van der Waals surface area (Å²) in [5.74, 6) is 0.832. The minimum atomic E-state index is -0.120. The maximum atomic E-state index is 12.5. The zero-order valence-corrected chi connectivity index (χ0v) is 15.5. The van der Waals surface area contributed by atoms with Gasteiger partial charge in [-0.15, -0.1) is 10.2 Å². The van der Waals surface area contributed by atoms with Crippen LogP contribution in [0.4, 0.5) is 5.69 Å². The Bertz CT molecular complexity index is 1100. The van der Waals surface area contributed by atoms with Crippen LogP contribution >= 0.6 is 15.9 Å². The lowest BCUT2D eigenvalue weighted by molar-refractivity contribution is -0.116. The van der Waals surface area contributed by atoms with Gasteiger partial charge in [0.2, 0.25) is 17.7 Å². The fourth-order valence-corrected chi connectivity index (χ4v) is 3.24. The number of amides is 1. The van der Waals surface area contributed by atoms with Crippen molar-refractivity contribution in [1.82, 2.24) is 14.8 Å². The van der Waals surface area contributed by atoms with E-state index in [1.54, 1.807) is 6.92 Å². The number of carbonyl (C=O) groups excluding carboxylic acids is 1. The zero-order valence-electron chi connectivity index (χ0n) is 13.9. The van der Waals surface area contributed by atoms with Crippen molar-refractivity contribution in [2.75, 3.05) is 5.32 Å². The van der Waals surface area contributed by atoms with Gasteiger partial charge in [0, 0.05) is 28.5 Å². The molecule has 0 radical (unpaired) electrons. The van der Waals surface area contributed by atoms with E-state index in [9.17, 15) is 4.79 Å². The fourth-order valence-electron chi connectivity index (χ4n) is 2.86. The molecule has 0 aliphatic heterocycles. The molecule has 0 unspecified atom stereocenters. The van der Waals surface area contributed by atoms with Crippen LogP contribution in [0.25, 0.3) is 22.4 Å². The van der Waals surface area contributed by atoms with Crippen LogP contribution in [0.2, 0.25) is 0 Å². The Morgan fingerprint density at radius 3 is 2.69 bits per heavy atom. The highest BCUT2D eigenvalue weighted by Crippen LogP contribution is 2.30. The summed E-state index contributed by atoms with van der Waals surface area (Å²) in [4.78, 5) is 12.5. The Balaban J connectivity index is 1.66. The summed E-state index contributed by atoms with van der Waals surface area (Å²) in [5, 5.41) is 11.9. The Kier molecular flexibility index (Phi) is 4.30. The molecule has 130 valence electrons. The lowest BCUT2D eigenvalue weighted by atomic mass is 10.2. The topological polar surface area (TPSA) is 73.0 Å². The van der Waals surface area contributed by atoms with Crippen LogP contribution in [0.3, 0.4) is 0 Å². The van der Waals surface area contributed by atoms with Gasteiger partial charge in [0.25, 0.3) is 0 Å². The second-order valence-electron chi connectivity index (χ2n) is 5.84. The first-order chi connectivity index (χ1) is 12.6. The Morgan fingerprint density at radius 1 is 1.15 bits per heavy atom. The average molecular weight is 411 g/mol. The lowest BCUT2D eigenvalue weighted by Gasteiger charge is -2.08. The van der Waals surface area contributed by atoms with Crippen LogP contribution in [0.5, 0.6) is 0 Å². The number of nitrogens with one attached hydrogen (secondary N) is 1. The average Bonchev–Trinajstić information content (AvgIpc) is 3.21. The SMILES string of the molecule is Cc1nnc(-c2cn(CC(=O)Nc3ccccc3Br)c3ccccc23)o1. The molecule has 0 fully saturated rings. The molecule has 2 aromatic carbocycles. The summed E-state index contributed by atoms with van der Waals surface area (Å²) >= 11 is 3.44. The van der Waals surface area contributed by atoms with Crippen LogP contribution in [-0.2, 0) is 11.3 Å². The summed E-state index contributed by atoms with van der Waals surface area (Å²) in [7, 11) is 0. The van der Waals surface area contributed by atoms with Gasteiger partial charge < -0.3 is 14.3 Å². The first-order valence-corrected chi connectivity index (χ1v) is 8.84. The van der Waals surface area contributed by atoms with Crippen LogP contribution in [0.1, 0.15) is 5.89 Å². The summed E-state index contributed by atoms with van der Waals surface area (Å²) in [5.41, 5.74) is 2.48. The van der Waals surface area contributed by atoms with Crippen LogP contribution in [0, 0.1) is 6.92 Å². The van der Waals surface area contributed by atoms with Gasteiger partial charge in [0.05, 0.1) is 11.3 Å². The first kappa shape index (κ1) is 16.5. The standard InChI is InChI=1S/C19H15BrN4O2/c1-12-22-23-19(26-12)14-10-24(17-9-5-2-6-13(14)17)11-18(25)21-16-8-4-3-7-15(16)20/h2-10H,11H2,1H3,(H,21,25). The highest BCUT2D eigenvalue weighted by atomic mass is 79.9. The molecule has 2 aromatic heterocycles. The molecule has 0 atom stereocenters. The van der Waals surface area contributed by atoms with Crippen molar-refractivity contribution in [2.45, 2.75) is 13.5 Å². The maximum absolute atomic E-state index is 12.5. The number of aryl methyl sites for hydroxylation is 1. The number of rotatable bonds is 4. The Hall–Kier alpha value is -2.93. The molecule has 0 bridgehead atoms. The van der Waals surface area contributed by atoms with E-state index in [-0.39, 0.29) is 12.5 Å². The van der Waals surface area contributed by atoms with Gasteiger partial charge in [-0.3, -0.25) is 4.79 Å². The number of hydrogen-bond acceptors (Lipinski definition) is 4. The maximum Gasteiger partial charge on any atom is 0.249 e.